The van der Waals surface area contributed by atoms with Crippen LogP contribution in [-0.2, 0) is 4.79 Å². The lowest BCUT2D eigenvalue weighted by atomic mass is 10.1. The highest BCUT2D eigenvalue weighted by atomic mass is 79.9. The number of carbonyl (C=O) groups is 1. The summed E-state index contributed by atoms with van der Waals surface area (Å²) in [6.45, 7) is 9.64. The van der Waals surface area contributed by atoms with Crippen molar-refractivity contribution < 1.29 is 4.79 Å². The number of rotatable bonds is 6. The Bertz CT molecular complexity index is 571. The average Bonchev–Trinajstić information content (AvgIpc) is 2.69. The molecule has 5 heteroatoms. The second-order valence-electron chi connectivity index (χ2n) is 5.58. The standard InChI is InChI=1S/C16H22BrN3O/c1-5-6-18-15-11-7-12(17)14(20(4)9-10(2)3)8-13(11)19-16(15)21/h7-8,15,18H,2,5-6,9H2,1,3-4H3,(H,19,21). The summed E-state index contributed by atoms with van der Waals surface area (Å²) in [7, 11) is 2.02. The number of hydrogen-bond donors (Lipinski definition) is 2. The molecule has 114 valence electrons. The van der Waals surface area contributed by atoms with Gasteiger partial charge in [0.15, 0.2) is 0 Å². The van der Waals surface area contributed by atoms with Gasteiger partial charge in [-0.3, -0.25) is 4.79 Å². The van der Waals surface area contributed by atoms with E-state index >= 15 is 0 Å². The summed E-state index contributed by atoms with van der Waals surface area (Å²) in [5, 5.41) is 6.25. The molecule has 1 aromatic carbocycles. The van der Waals surface area contributed by atoms with E-state index in [1.165, 1.54) is 0 Å². The van der Waals surface area contributed by atoms with Crippen LogP contribution in [0.3, 0.4) is 0 Å². The molecule has 1 amide bonds. The molecule has 0 saturated carbocycles. The van der Waals surface area contributed by atoms with Crippen LogP contribution in [0.25, 0.3) is 0 Å². The number of likely N-dealkylation sites (N-methyl/N-ethyl adjacent to an activating group) is 1. The lowest BCUT2D eigenvalue weighted by molar-refractivity contribution is -0.117. The zero-order valence-corrected chi connectivity index (χ0v) is 14.4. The van der Waals surface area contributed by atoms with Gasteiger partial charge in [-0.1, -0.05) is 19.1 Å². The van der Waals surface area contributed by atoms with E-state index in [1.807, 2.05) is 26.1 Å². The predicted molar refractivity (Wildman–Crippen MR) is 91.9 cm³/mol. The van der Waals surface area contributed by atoms with E-state index in [0.29, 0.717) is 0 Å². The fraction of sp³-hybridized carbons (Fsp3) is 0.438. The van der Waals surface area contributed by atoms with E-state index in [4.69, 9.17) is 0 Å². The molecule has 0 bridgehead atoms. The van der Waals surface area contributed by atoms with Crippen molar-refractivity contribution in [2.45, 2.75) is 26.3 Å². The molecule has 1 aliphatic heterocycles. The van der Waals surface area contributed by atoms with Crippen molar-refractivity contribution in [2.24, 2.45) is 0 Å². The summed E-state index contributed by atoms with van der Waals surface area (Å²) in [6.07, 6.45) is 1.000. The molecule has 1 unspecified atom stereocenters. The van der Waals surface area contributed by atoms with Gasteiger partial charge in [-0.15, -0.1) is 0 Å². The van der Waals surface area contributed by atoms with Crippen molar-refractivity contribution in [1.82, 2.24) is 5.32 Å². The smallest absolute Gasteiger partial charge is 0.246 e. The molecule has 1 aromatic rings. The van der Waals surface area contributed by atoms with Gasteiger partial charge in [0, 0.05) is 29.3 Å². The number of fused-ring (bicyclic) bond motifs is 1. The second-order valence-corrected chi connectivity index (χ2v) is 6.43. The molecule has 0 aliphatic carbocycles. The molecule has 1 heterocycles. The van der Waals surface area contributed by atoms with Crippen LogP contribution < -0.4 is 15.5 Å². The maximum Gasteiger partial charge on any atom is 0.246 e. The van der Waals surface area contributed by atoms with Gasteiger partial charge in [0.05, 0.1) is 5.69 Å². The van der Waals surface area contributed by atoms with Crippen LogP contribution in [0.5, 0.6) is 0 Å². The highest BCUT2D eigenvalue weighted by Gasteiger charge is 2.31. The van der Waals surface area contributed by atoms with Gasteiger partial charge < -0.3 is 15.5 Å². The lowest BCUT2D eigenvalue weighted by Gasteiger charge is -2.22. The summed E-state index contributed by atoms with van der Waals surface area (Å²) < 4.78 is 0.991. The minimum Gasteiger partial charge on any atom is -0.370 e. The Balaban J connectivity index is 2.30. The Morgan fingerprint density at radius 1 is 1.52 bits per heavy atom. The zero-order valence-electron chi connectivity index (χ0n) is 12.8. The SMILES string of the molecule is C=C(C)CN(C)c1cc2c(cc1Br)C(NCCC)C(=O)N2. The summed E-state index contributed by atoms with van der Waals surface area (Å²) in [4.78, 5) is 14.2. The maximum atomic E-state index is 12.1. The summed E-state index contributed by atoms with van der Waals surface area (Å²) in [5.74, 6) is 0.0186. The van der Waals surface area contributed by atoms with Crippen molar-refractivity contribution in [3.63, 3.8) is 0 Å². The van der Waals surface area contributed by atoms with Gasteiger partial charge in [-0.25, -0.2) is 0 Å². The number of nitrogens with one attached hydrogen (secondary N) is 2. The van der Waals surface area contributed by atoms with Crippen LogP contribution >= 0.6 is 15.9 Å². The molecule has 1 atom stereocenters. The number of carbonyl (C=O) groups excluding carboxylic acids is 1. The monoisotopic (exact) mass is 351 g/mol. The van der Waals surface area contributed by atoms with Gasteiger partial charge in [0.1, 0.15) is 6.04 Å². The quantitative estimate of drug-likeness (QED) is 0.771. The predicted octanol–water partition coefficient (Wildman–Crippen LogP) is 3.45. The van der Waals surface area contributed by atoms with Crippen LogP contribution in [0.15, 0.2) is 28.8 Å². The Hall–Kier alpha value is -1.33. The zero-order chi connectivity index (χ0) is 15.6. The molecule has 0 spiro atoms. The third-order valence-corrected chi connectivity index (χ3v) is 4.10. The first kappa shape index (κ1) is 16.0. The van der Waals surface area contributed by atoms with Crippen LogP contribution in [0.4, 0.5) is 11.4 Å². The first-order valence-corrected chi connectivity index (χ1v) is 7.96. The van der Waals surface area contributed by atoms with E-state index in [1.54, 1.807) is 0 Å². The number of nitrogens with zero attached hydrogens (tertiary/aromatic N) is 1. The van der Waals surface area contributed by atoms with E-state index < -0.39 is 0 Å². The molecule has 0 aromatic heterocycles. The molecule has 1 aliphatic rings. The number of halogens is 1. The van der Waals surface area contributed by atoms with Crippen molar-refractivity contribution in [1.29, 1.82) is 0 Å². The Morgan fingerprint density at radius 3 is 2.86 bits per heavy atom. The van der Waals surface area contributed by atoms with Crippen LogP contribution in [0, 0.1) is 0 Å². The Kier molecular flexibility index (Phi) is 5.06. The largest absolute Gasteiger partial charge is 0.370 e. The van der Waals surface area contributed by atoms with Crippen molar-refractivity contribution >= 4 is 33.2 Å². The van der Waals surface area contributed by atoms with Gasteiger partial charge >= 0.3 is 0 Å². The van der Waals surface area contributed by atoms with E-state index in [0.717, 1.165) is 46.5 Å². The highest BCUT2D eigenvalue weighted by Crippen LogP contribution is 2.38. The molecule has 0 radical (unpaired) electrons. The summed E-state index contributed by atoms with van der Waals surface area (Å²) >= 11 is 3.62. The van der Waals surface area contributed by atoms with Crippen LogP contribution in [0.1, 0.15) is 31.9 Å². The third-order valence-electron chi connectivity index (χ3n) is 3.47. The van der Waals surface area contributed by atoms with Crippen LogP contribution in [-0.4, -0.2) is 26.0 Å². The van der Waals surface area contributed by atoms with Gasteiger partial charge in [-0.2, -0.15) is 0 Å². The lowest BCUT2D eigenvalue weighted by Crippen LogP contribution is -2.28. The fourth-order valence-electron chi connectivity index (χ4n) is 2.54. The average molecular weight is 352 g/mol. The summed E-state index contributed by atoms with van der Waals surface area (Å²) in [6, 6.07) is 3.80. The van der Waals surface area contributed by atoms with Gasteiger partial charge in [0.2, 0.25) is 5.91 Å². The molecular formula is C16H22BrN3O. The number of hydrogen-bond acceptors (Lipinski definition) is 3. The van der Waals surface area contributed by atoms with Crippen molar-refractivity contribution in [2.75, 3.05) is 30.4 Å². The molecule has 21 heavy (non-hydrogen) atoms. The molecule has 4 nitrogen and oxygen atoms in total. The molecular weight excluding hydrogens is 330 g/mol. The van der Waals surface area contributed by atoms with Crippen LogP contribution in [0.2, 0.25) is 0 Å². The van der Waals surface area contributed by atoms with Gasteiger partial charge in [0.25, 0.3) is 0 Å². The number of anilines is 2. The third kappa shape index (κ3) is 3.47. The van der Waals surface area contributed by atoms with Crippen molar-refractivity contribution in [3.8, 4) is 0 Å². The Labute approximate surface area is 134 Å². The molecule has 0 saturated heterocycles. The minimum absolute atomic E-state index is 0.0186. The molecule has 0 fully saturated rings. The molecule has 2 rings (SSSR count). The second kappa shape index (κ2) is 6.62. The Morgan fingerprint density at radius 2 is 2.24 bits per heavy atom. The number of benzene rings is 1. The highest BCUT2D eigenvalue weighted by molar-refractivity contribution is 9.10. The summed E-state index contributed by atoms with van der Waals surface area (Å²) in [5.41, 5.74) is 4.04. The fourth-order valence-corrected chi connectivity index (χ4v) is 3.21. The normalized spacial score (nSPS) is 16.6. The topological polar surface area (TPSA) is 44.4 Å². The minimum atomic E-state index is -0.253. The number of amides is 1. The first-order chi connectivity index (χ1) is 9.93. The van der Waals surface area contributed by atoms with E-state index in [9.17, 15) is 4.79 Å². The van der Waals surface area contributed by atoms with E-state index in [-0.39, 0.29) is 11.9 Å². The molecule has 2 N–H and O–H groups in total. The van der Waals surface area contributed by atoms with Crippen molar-refractivity contribution in [3.05, 3.63) is 34.3 Å². The van der Waals surface area contributed by atoms with Gasteiger partial charge in [-0.05, 0) is 48.0 Å². The first-order valence-electron chi connectivity index (χ1n) is 7.17. The maximum absolute atomic E-state index is 12.1. The van der Waals surface area contributed by atoms with E-state index in [2.05, 4.69) is 45.0 Å².